The number of aldehydes is 1. The highest BCUT2D eigenvalue weighted by Gasteiger charge is 2.16. The fourth-order valence-corrected chi connectivity index (χ4v) is 2.61. The van der Waals surface area contributed by atoms with E-state index in [1.165, 1.54) is 4.31 Å². The van der Waals surface area contributed by atoms with E-state index >= 15 is 0 Å². The van der Waals surface area contributed by atoms with Crippen molar-refractivity contribution < 1.29 is 13.2 Å². The summed E-state index contributed by atoms with van der Waals surface area (Å²) in [7, 11) is -3.35. The molecule has 1 aromatic rings. The second kappa shape index (κ2) is 5.45. The van der Waals surface area contributed by atoms with Crippen LogP contribution in [0.4, 0.5) is 5.69 Å². The molecule has 4 nitrogen and oxygen atoms in total. The second-order valence-corrected chi connectivity index (χ2v) is 6.09. The van der Waals surface area contributed by atoms with Crippen molar-refractivity contribution in [3.63, 3.8) is 0 Å². The van der Waals surface area contributed by atoms with Crippen LogP contribution in [0, 0.1) is 0 Å². The maximum atomic E-state index is 11.5. The van der Waals surface area contributed by atoms with Gasteiger partial charge in [0.1, 0.15) is 6.29 Å². The number of nitrogens with zero attached hydrogens (tertiary/aromatic N) is 1. The number of carbonyl (C=O) groups is 1. The maximum Gasteiger partial charge on any atom is 0.232 e. The molecule has 0 radical (unpaired) electrons. The number of benzene rings is 1. The van der Waals surface area contributed by atoms with E-state index in [1.54, 1.807) is 18.2 Å². The van der Waals surface area contributed by atoms with Crippen LogP contribution in [0.3, 0.4) is 0 Å². The van der Waals surface area contributed by atoms with Gasteiger partial charge in [0.25, 0.3) is 0 Å². The Morgan fingerprint density at radius 2 is 2.12 bits per heavy atom. The summed E-state index contributed by atoms with van der Waals surface area (Å²) in [6.07, 6.45) is 2.01. The van der Waals surface area contributed by atoms with Crippen molar-refractivity contribution in [1.29, 1.82) is 0 Å². The molecule has 0 fully saturated rings. The lowest BCUT2D eigenvalue weighted by molar-refractivity contribution is -0.107. The SMILES string of the molecule is CS(=O)(=O)N(CCC=O)c1cccc(Br)c1. The number of sulfonamides is 1. The lowest BCUT2D eigenvalue weighted by Crippen LogP contribution is -2.31. The molecule has 0 bridgehead atoms. The van der Waals surface area contributed by atoms with E-state index in [1.807, 2.05) is 6.07 Å². The summed E-state index contributed by atoms with van der Waals surface area (Å²) < 4.78 is 25.1. The molecule has 0 N–H and O–H groups in total. The third kappa shape index (κ3) is 3.61. The number of hydrogen-bond donors (Lipinski definition) is 0. The van der Waals surface area contributed by atoms with Crippen LogP contribution >= 0.6 is 15.9 Å². The number of hydrogen-bond acceptors (Lipinski definition) is 3. The third-order valence-corrected chi connectivity index (χ3v) is 3.63. The molecule has 0 aliphatic rings. The van der Waals surface area contributed by atoms with Crippen molar-refractivity contribution >= 4 is 37.9 Å². The monoisotopic (exact) mass is 305 g/mol. The van der Waals surface area contributed by atoms with Gasteiger partial charge in [0.15, 0.2) is 0 Å². The number of halogens is 1. The van der Waals surface area contributed by atoms with E-state index in [-0.39, 0.29) is 13.0 Å². The second-order valence-electron chi connectivity index (χ2n) is 3.27. The van der Waals surface area contributed by atoms with Gasteiger partial charge in [-0.05, 0) is 18.2 Å². The number of anilines is 1. The normalized spacial score (nSPS) is 11.1. The van der Waals surface area contributed by atoms with Gasteiger partial charge in [0, 0.05) is 17.4 Å². The van der Waals surface area contributed by atoms with Crippen LogP contribution in [0.1, 0.15) is 6.42 Å². The fraction of sp³-hybridized carbons (Fsp3) is 0.300. The summed E-state index contributed by atoms with van der Waals surface area (Å²) in [6.45, 7) is 0.165. The van der Waals surface area contributed by atoms with Crippen molar-refractivity contribution in [3.8, 4) is 0 Å². The average Bonchev–Trinajstić information content (AvgIpc) is 2.16. The van der Waals surface area contributed by atoms with Gasteiger partial charge >= 0.3 is 0 Å². The largest absolute Gasteiger partial charge is 0.303 e. The summed E-state index contributed by atoms with van der Waals surface area (Å²) in [5.74, 6) is 0. The lowest BCUT2D eigenvalue weighted by atomic mass is 10.3. The van der Waals surface area contributed by atoms with E-state index in [0.29, 0.717) is 12.0 Å². The highest BCUT2D eigenvalue weighted by atomic mass is 79.9. The Hall–Kier alpha value is -0.880. The Morgan fingerprint density at radius 3 is 2.62 bits per heavy atom. The Kier molecular flexibility index (Phi) is 4.49. The van der Waals surface area contributed by atoms with Crippen molar-refractivity contribution in [1.82, 2.24) is 0 Å². The first kappa shape index (κ1) is 13.2. The Morgan fingerprint density at radius 1 is 1.44 bits per heavy atom. The summed E-state index contributed by atoms with van der Waals surface area (Å²) in [6, 6.07) is 6.95. The Balaban J connectivity index is 3.06. The van der Waals surface area contributed by atoms with Gasteiger partial charge in [-0.1, -0.05) is 22.0 Å². The standard InChI is InChI=1S/C10H12BrNO3S/c1-16(14,15)12(6-3-7-13)10-5-2-4-9(11)8-10/h2,4-5,7-8H,3,6H2,1H3. The molecule has 1 aromatic carbocycles. The molecule has 0 saturated carbocycles. The van der Waals surface area contributed by atoms with Crippen molar-refractivity contribution in [2.24, 2.45) is 0 Å². The first-order chi connectivity index (χ1) is 7.45. The van der Waals surface area contributed by atoms with E-state index in [9.17, 15) is 13.2 Å². The minimum absolute atomic E-state index is 0.165. The molecule has 16 heavy (non-hydrogen) atoms. The van der Waals surface area contributed by atoms with E-state index in [4.69, 9.17) is 0 Å². The van der Waals surface area contributed by atoms with Crippen molar-refractivity contribution in [3.05, 3.63) is 28.7 Å². The van der Waals surface area contributed by atoms with Crippen molar-refractivity contribution in [2.45, 2.75) is 6.42 Å². The van der Waals surface area contributed by atoms with Gasteiger partial charge in [-0.2, -0.15) is 0 Å². The molecule has 0 unspecified atom stereocenters. The summed E-state index contributed by atoms with van der Waals surface area (Å²) in [5.41, 5.74) is 0.554. The van der Waals surface area contributed by atoms with Gasteiger partial charge < -0.3 is 4.79 Å². The highest BCUT2D eigenvalue weighted by molar-refractivity contribution is 9.10. The Bertz CT molecular complexity index is 473. The smallest absolute Gasteiger partial charge is 0.232 e. The van der Waals surface area contributed by atoms with Crippen LogP contribution in [0.2, 0.25) is 0 Å². The molecule has 88 valence electrons. The van der Waals surface area contributed by atoms with Crippen LogP contribution in [0.25, 0.3) is 0 Å². The maximum absolute atomic E-state index is 11.5. The fourth-order valence-electron chi connectivity index (χ4n) is 1.29. The van der Waals surface area contributed by atoms with Crippen LogP contribution in [-0.4, -0.2) is 27.5 Å². The minimum atomic E-state index is -3.35. The quantitative estimate of drug-likeness (QED) is 0.780. The van der Waals surface area contributed by atoms with Gasteiger partial charge in [-0.25, -0.2) is 8.42 Å². The van der Waals surface area contributed by atoms with E-state index in [0.717, 1.165) is 10.7 Å². The molecule has 0 atom stereocenters. The molecule has 6 heteroatoms. The van der Waals surface area contributed by atoms with Gasteiger partial charge in [-0.3, -0.25) is 4.31 Å². The molecule has 1 rings (SSSR count). The topological polar surface area (TPSA) is 54.5 Å². The molecule has 0 amide bonds. The van der Waals surface area contributed by atoms with Gasteiger partial charge in [-0.15, -0.1) is 0 Å². The lowest BCUT2D eigenvalue weighted by Gasteiger charge is -2.21. The molecule has 0 saturated heterocycles. The molecule has 0 aliphatic carbocycles. The van der Waals surface area contributed by atoms with Crippen LogP contribution in [0.15, 0.2) is 28.7 Å². The predicted molar refractivity (Wildman–Crippen MR) is 67.0 cm³/mol. The van der Waals surface area contributed by atoms with Crippen LogP contribution < -0.4 is 4.31 Å². The van der Waals surface area contributed by atoms with E-state index < -0.39 is 10.0 Å². The molecule has 0 aromatic heterocycles. The number of rotatable bonds is 5. The zero-order chi connectivity index (χ0) is 12.2. The molecule has 0 spiro atoms. The molecular formula is C10H12BrNO3S. The molecular weight excluding hydrogens is 294 g/mol. The first-order valence-corrected chi connectivity index (χ1v) is 7.26. The highest BCUT2D eigenvalue weighted by Crippen LogP contribution is 2.22. The predicted octanol–water partition coefficient (Wildman–Crippen LogP) is 1.80. The summed E-state index contributed by atoms with van der Waals surface area (Å²) in [4.78, 5) is 10.3. The zero-order valence-corrected chi connectivity index (χ0v) is 11.2. The first-order valence-electron chi connectivity index (χ1n) is 4.62. The minimum Gasteiger partial charge on any atom is -0.303 e. The van der Waals surface area contributed by atoms with Crippen molar-refractivity contribution in [2.75, 3.05) is 17.1 Å². The number of carbonyl (C=O) groups excluding carboxylic acids is 1. The summed E-state index contributed by atoms with van der Waals surface area (Å²) in [5, 5.41) is 0. The average molecular weight is 306 g/mol. The molecule has 0 aliphatic heterocycles. The Labute approximate surface area is 103 Å². The van der Waals surface area contributed by atoms with Gasteiger partial charge in [0.05, 0.1) is 11.9 Å². The van der Waals surface area contributed by atoms with E-state index in [2.05, 4.69) is 15.9 Å². The molecule has 0 heterocycles. The third-order valence-electron chi connectivity index (χ3n) is 1.95. The van der Waals surface area contributed by atoms with Crippen LogP contribution in [0.5, 0.6) is 0 Å². The van der Waals surface area contributed by atoms with Crippen LogP contribution in [-0.2, 0) is 14.8 Å². The van der Waals surface area contributed by atoms with Gasteiger partial charge in [0.2, 0.25) is 10.0 Å². The summed E-state index contributed by atoms with van der Waals surface area (Å²) >= 11 is 3.27. The zero-order valence-electron chi connectivity index (χ0n) is 8.76.